The number of anilines is 1. The van der Waals surface area contributed by atoms with Gasteiger partial charge in [0.25, 0.3) is 5.91 Å². The monoisotopic (exact) mass is 305 g/mol. The maximum Gasteiger partial charge on any atom is 0.355 e. The lowest BCUT2D eigenvalue weighted by molar-refractivity contribution is -0.136. The van der Waals surface area contributed by atoms with Crippen molar-refractivity contribution in [1.29, 1.82) is 0 Å². The van der Waals surface area contributed by atoms with Crippen LogP contribution in [0.4, 0.5) is 10.1 Å². The summed E-state index contributed by atoms with van der Waals surface area (Å²) in [6.45, 7) is 1.74. The normalized spacial score (nSPS) is 23.2. The van der Waals surface area contributed by atoms with Crippen molar-refractivity contribution >= 4 is 29.2 Å². The number of carbonyl (C=O) groups is 3. The Kier molecular flexibility index (Phi) is 3.36. The van der Waals surface area contributed by atoms with Crippen molar-refractivity contribution < 1.29 is 23.5 Å². The smallest absolute Gasteiger partial charge is 0.355 e. The van der Waals surface area contributed by atoms with Gasteiger partial charge in [-0.25, -0.2) is 14.1 Å². The molecule has 0 aromatic heterocycles. The number of hydrazone groups is 1. The summed E-state index contributed by atoms with van der Waals surface area (Å²) >= 11 is 0. The lowest BCUT2D eigenvalue weighted by atomic mass is 9.99. The number of rotatable bonds is 3. The molecule has 7 nitrogen and oxygen atoms in total. The molecule has 2 amide bonds. The second-order valence-corrected chi connectivity index (χ2v) is 4.77. The molecule has 1 fully saturated rings. The summed E-state index contributed by atoms with van der Waals surface area (Å²) in [5.74, 6) is -3.90. The van der Waals surface area contributed by atoms with Crippen molar-refractivity contribution in [2.75, 3.05) is 11.5 Å². The molecule has 0 spiro atoms. The third-order valence-electron chi connectivity index (χ3n) is 3.50. The Morgan fingerprint density at radius 3 is 2.77 bits per heavy atom. The number of hydrogen-bond acceptors (Lipinski definition) is 6. The number of halogens is 1. The fourth-order valence-corrected chi connectivity index (χ4v) is 2.53. The van der Waals surface area contributed by atoms with Gasteiger partial charge in [0.2, 0.25) is 5.91 Å². The van der Waals surface area contributed by atoms with Crippen LogP contribution in [0, 0.1) is 11.7 Å². The Bertz CT molecular complexity index is 703. The highest BCUT2D eigenvalue weighted by atomic mass is 19.1. The molecule has 2 heterocycles. The molecule has 1 aromatic carbocycles. The molecule has 0 saturated carbocycles. The summed E-state index contributed by atoms with van der Waals surface area (Å²) in [5.41, 5.74) is 2.16. The molecular weight excluding hydrogens is 293 g/mol. The molecule has 1 N–H and O–H groups in total. The predicted octanol–water partition coefficient (Wildman–Crippen LogP) is 0.206. The van der Waals surface area contributed by atoms with Gasteiger partial charge < -0.3 is 4.74 Å². The molecule has 0 aliphatic carbocycles. The molecule has 3 rings (SSSR count). The largest absolute Gasteiger partial charge is 0.461 e. The van der Waals surface area contributed by atoms with E-state index in [9.17, 15) is 18.8 Å². The van der Waals surface area contributed by atoms with Crippen LogP contribution in [0.25, 0.3) is 0 Å². The summed E-state index contributed by atoms with van der Waals surface area (Å²) in [6.07, 6.45) is 0. The third kappa shape index (κ3) is 1.95. The van der Waals surface area contributed by atoms with Crippen LogP contribution in [0.3, 0.4) is 0 Å². The van der Waals surface area contributed by atoms with Gasteiger partial charge in [0.15, 0.2) is 5.71 Å². The third-order valence-corrected chi connectivity index (χ3v) is 3.50. The molecule has 2 aliphatic heterocycles. The summed E-state index contributed by atoms with van der Waals surface area (Å²) in [5, 5.41) is 3.72. The second kappa shape index (κ2) is 5.21. The Morgan fingerprint density at radius 2 is 2.09 bits per heavy atom. The van der Waals surface area contributed by atoms with Gasteiger partial charge in [-0.1, -0.05) is 12.1 Å². The Balaban J connectivity index is 1.95. The molecule has 2 unspecified atom stereocenters. The average Bonchev–Trinajstić information content (AvgIpc) is 3.02. The van der Waals surface area contributed by atoms with E-state index in [0.29, 0.717) is 0 Å². The number of imide groups is 1. The fraction of sp³-hybridized carbons (Fsp3) is 0.286. The summed E-state index contributed by atoms with van der Waals surface area (Å²) in [6, 6.07) is 4.44. The van der Waals surface area contributed by atoms with Crippen LogP contribution in [0.2, 0.25) is 0 Å². The number of hydrogen-bond donors (Lipinski definition) is 1. The quantitative estimate of drug-likeness (QED) is 0.637. The molecule has 114 valence electrons. The van der Waals surface area contributed by atoms with E-state index < -0.39 is 35.6 Å². The number of benzene rings is 1. The van der Waals surface area contributed by atoms with Gasteiger partial charge in [0.05, 0.1) is 12.3 Å². The van der Waals surface area contributed by atoms with Gasteiger partial charge in [-0.2, -0.15) is 5.10 Å². The molecular formula is C14H12FN3O4. The van der Waals surface area contributed by atoms with Crippen molar-refractivity contribution in [2.45, 2.75) is 13.0 Å². The molecule has 0 radical (unpaired) electrons. The number of nitrogens with one attached hydrogen (secondary N) is 1. The van der Waals surface area contributed by atoms with Crippen molar-refractivity contribution in [3.63, 3.8) is 0 Å². The standard InChI is InChI=1S/C14H12FN3O4/c1-2-22-14(21)11-9-10(16-17-11)13(20)18(12(9)19)8-6-4-3-5-7(8)15/h3-6,9-10,16H,2H2,1H3. The summed E-state index contributed by atoms with van der Waals surface area (Å²) in [4.78, 5) is 37.3. The maximum atomic E-state index is 13.9. The average molecular weight is 305 g/mol. The number of amides is 2. The number of esters is 1. The van der Waals surface area contributed by atoms with E-state index >= 15 is 0 Å². The first-order valence-electron chi connectivity index (χ1n) is 6.68. The van der Waals surface area contributed by atoms with E-state index in [1.807, 2.05) is 0 Å². The molecule has 22 heavy (non-hydrogen) atoms. The first kappa shape index (κ1) is 14.2. The second-order valence-electron chi connectivity index (χ2n) is 4.77. The zero-order valence-electron chi connectivity index (χ0n) is 11.6. The van der Waals surface area contributed by atoms with Gasteiger partial charge in [-0.3, -0.25) is 15.0 Å². The number of carbonyl (C=O) groups excluding carboxylic acids is 3. The summed E-state index contributed by atoms with van der Waals surface area (Å²) < 4.78 is 18.7. The first-order chi connectivity index (χ1) is 10.6. The van der Waals surface area contributed by atoms with E-state index in [2.05, 4.69) is 10.5 Å². The minimum absolute atomic E-state index is 0.119. The number of fused-ring (bicyclic) bond motifs is 1. The molecule has 8 heteroatoms. The van der Waals surface area contributed by atoms with Crippen molar-refractivity contribution in [3.8, 4) is 0 Å². The SMILES string of the molecule is CCOC(=O)C1=NNC2C(=O)N(c3ccccc3F)C(=O)C12. The van der Waals surface area contributed by atoms with Crippen molar-refractivity contribution in [1.82, 2.24) is 5.43 Å². The Labute approximate surface area is 124 Å². The number of para-hydroxylation sites is 1. The number of ether oxygens (including phenoxy) is 1. The van der Waals surface area contributed by atoms with Crippen molar-refractivity contribution in [2.24, 2.45) is 11.0 Å². The van der Waals surface area contributed by atoms with Crippen LogP contribution in [0.15, 0.2) is 29.4 Å². The van der Waals surface area contributed by atoms with Crippen LogP contribution in [0.5, 0.6) is 0 Å². The predicted molar refractivity (Wildman–Crippen MR) is 73.4 cm³/mol. The van der Waals surface area contributed by atoms with E-state index in [4.69, 9.17) is 4.74 Å². The molecule has 2 aliphatic rings. The van der Waals surface area contributed by atoms with Crippen molar-refractivity contribution in [3.05, 3.63) is 30.1 Å². The highest BCUT2D eigenvalue weighted by Gasteiger charge is 2.56. The van der Waals surface area contributed by atoms with E-state index in [0.717, 1.165) is 11.0 Å². The molecule has 1 saturated heterocycles. The van der Waals surface area contributed by atoms with Gasteiger partial charge >= 0.3 is 5.97 Å². The topological polar surface area (TPSA) is 88.1 Å². The van der Waals surface area contributed by atoms with Gasteiger partial charge in [-0.05, 0) is 19.1 Å². The Hall–Kier alpha value is -2.77. The molecule has 0 bridgehead atoms. The lowest BCUT2D eigenvalue weighted by Gasteiger charge is -2.16. The zero-order valence-corrected chi connectivity index (χ0v) is 11.6. The van der Waals surface area contributed by atoms with Crippen LogP contribution in [-0.4, -0.2) is 36.1 Å². The minimum atomic E-state index is -1.09. The van der Waals surface area contributed by atoms with Crippen LogP contribution < -0.4 is 10.3 Å². The first-order valence-corrected chi connectivity index (χ1v) is 6.68. The van der Waals surface area contributed by atoms with Gasteiger partial charge in [0.1, 0.15) is 17.8 Å². The van der Waals surface area contributed by atoms with Gasteiger partial charge in [0, 0.05) is 0 Å². The lowest BCUT2D eigenvalue weighted by Crippen LogP contribution is -2.36. The van der Waals surface area contributed by atoms with Gasteiger partial charge in [-0.15, -0.1) is 0 Å². The van der Waals surface area contributed by atoms with Crippen LogP contribution >= 0.6 is 0 Å². The zero-order chi connectivity index (χ0) is 15.9. The van der Waals surface area contributed by atoms with E-state index in [-0.39, 0.29) is 18.0 Å². The maximum absolute atomic E-state index is 13.9. The Morgan fingerprint density at radius 1 is 1.36 bits per heavy atom. The highest BCUT2D eigenvalue weighted by Crippen LogP contribution is 2.32. The van der Waals surface area contributed by atoms with E-state index in [1.165, 1.54) is 18.2 Å². The molecule has 1 aromatic rings. The minimum Gasteiger partial charge on any atom is -0.461 e. The van der Waals surface area contributed by atoms with E-state index in [1.54, 1.807) is 6.92 Å². The van der Waals surface area contributed by atoms with Crippen LogP contribution in [0.1, 0.15) is 6.92 Å². The summed E-state index contributed by atoms with van der Waals surface area (Å²) in [7, 11) is 0. The van der Waals surface area contributed by atoms with Crippen LogP contribution in [-0.2, 0) is 19.1 Å². The highest BCUT2D eigenvalue weighted by molar-refractivity contribution is 6.46. The molecule has 2 atom stereocenters. The number of nitrogens with zero attached hydrogens (tertiary/aromatic N) is 2. The fourth-order valence-electron chi connectivity index (χ4n) is 2.53.